The minimum atomic E-state index is -0.472. The molecule has 0 aliphatic carbocycles. The van der Waals surface area contributed by atoms with Crippen LogP contribution in [0.15, 0.2) is 52.4 Å². The van der Waals surface area contributed by atoms with E-state index >= 15 is 0 Å². The summed E-state index contributed by atoms with van der Waals surface area (Å²) in [5, 5.41) is 1.03. The third-order valence-electron chi connectivity index (χ3n) is 4.94. The third-order valence-corrected chi connectivity index (χ3v) is 5.90. The summed E-state index contributed by atoms with van der Waals surface area (Å²) in [6.07, 6.45) is 0.654. The van der Waals surface area contributed by atoms with Crippen LogP contribution in [-0.2, 0) is 22.6 Å². The summed E-state index contributed by atoms with van der Waals surface area (Å²) >= 11 is 1.22. The number of halogens is 1. The maximum atomic E-state index is 13.9. The standard InChI is InChI=1S/C23H26FN3O4S/c1-26(14-16-9-10-20(31-3)18(24)13-16)21(28)15-32-23-25-19-8-5-4-7-17(19)22(29)27(23)11-6-12-30-2/h4-5,7-10,13H,6,11-12,14-15H2,1-3H3. The summed E-state index contributed by atoms with van der Waals surface area (Å²) in [4.78, 5) is 31.8. The highest BCUT2D eigenvalue weighted by molar-refractivity contribution is 7.99. The second-order valence-corrected chi connectivity index (χ2v) is 8.16. The zero-order valence-electron chi connectivity index (χ0n) is 18.3. The Kier molecular flexibility index (Phi) is 8.24. The van der Waals surface area contributed by atoms with Crippen molar-refractivity contribution in [1.82, 2.24) is 14.5 Å². The first kappa shape index (κ1) is 23.7. The topological polar surface area (TPSA) is 73.7 Å². The second kappa shape index (κ2) is 11.1. The molecule has 0 atom stereocenters. The highest BCUT2D eigenvalue weighted by atomic mass is 32.2. The van der Waals surface area contributed by atoms with Crippen LogP contribution in [0, 0.1) is 5.82 Å². The van der Waals surface area contributed by atoms with Crippen molar-refractivity contribution in [2.75, 3.05) is 33.6 Å². The van der Waals surface area contributed by atoms with Gasteiger partial charge < -0.3 is 14.4 Å². The Morgan fingerprint density at radius 3 is 2.72 bits per heavy atom. The van der Waals surface area contributed by atoms with Gasteiger partial charge in [0, 0.05) is 33.9 Å². The number of hydrogen-bond donors (Lipinski definition) is 0. The molecule has 2 aromatic carbocycles. The van der Waals surface area contributed by atoms with Crippen LogP contribution in [0.25, 0.3) is 10.9 Å². The summed E-state index contributed by atoms with van der Waals surface area (Å²) in [7, 11) is 4.67. The number of nitrogens with zero attached hydrogens (tertiary/aromatic N) is 3. The minimum absolute atomic E-state index is 0.101. The molecule has 0 fully saturated rings. The van der Waals surface area contributed by atoms with E-state index in [1.165, 1.54) is 35.9 Å². The van der Waals surface area contributed by atoms with Gasteiger partial charge in [-0.3, -0.25) is 14.2 Å². The molecule has 170 valence electrons. The van der Waals surface area contributed by atoms with Gasteiger partial charge in [0.15, 0.2) is 16.7 Å². The summed E-state index contributed by atoms with van der Waals surface area (Å²) in [5.74, 6) is -0.366. The molecule has 0 unspecified atom stereocenters. The van der Waals surface area contributed by atoms with Crippen molar-refractivity contribution < 1.29 is 18.7 Å². The van der Waals surface area contributed by atoms with E-state index in [0.29, 0.717) is 41.2 Å². The van der Waals surface area contributed by atoms with Crippen LogP contribution in [0.3, 0.4) is 0 Å². The molecule has 1 aromatic heterocycles. The molecular weight excluding hydrogens is 433 g/mol. The van der Waals surface area contributed by atoms with E-state index < -0.39 is 5.82 Å². The van der Waals surface area contributed by atoms with Crippen molar-refractivity contribution in [2.45, 2.75) is 24.7 Å². The maximum absolute atomic E-state index is 13.9. The summed E-state index contributed by atoms with van der Waals surface area (Å²) in [6, 6.07) is 11.8. The molecule has 0 bridgehead atoms. The SMILES string of the molecule is COCCCn1c(SCC(=O)N(C)Cc2ccc(OC)c(F)c2)nc2ccccc2c1=O. The van der Waals surface area contributed by atoms with Gasteiger partial charge in [0.25, 0.3) is 5.56 Å². The van der Waals surface area contributed by atoms with Gasteiger partial charge in [-0.1, -0.05) is 30.0 Å². The van der Waals surface area contributed by atoms with Gasteiger partial charge in [0.1, 0.15) is 0 Å². The van der Waals surface area contributed by atoms with Gasteiger partial charge in [-0.05, 0) is 36.2 Å². The first-order valence-corrected chi connectivity index (χ1v) is 11.1. The summed E-state index contributed by atoms with van der Waals surface area (Å²) in [5.41, 5.74) is 1.12. The molecule has 0 saturated heterocycles. The molecule has 7 nitrogen and oxygen atoms in total. The highest BCUT2D eigenvalue weighted by Crippen LogP contribution is 2.21. The van der Waals surface area contributed by atoms with E-state index in [4.69, 9.17) is 9.47 Å². The molecular formula is C23H26FN3O4S. The Morgan fingerprint density at radius 1 is 1.22 bits per heavy atom. The lowest BCUT2D eigenvalue weighted by atomic mass is 10.2. The minimum Gasteiger partial charge on any atom is -0.494 e. The first-order chi connectivity index (χ1) is 15.4. The molecule has 3 aromatic rings. The number of hydrogen-bond acceptors (Lipinski definition) is 6. The van der Waals surface area contributed by atoms with E-state index in [-0.39, 0.29) is 29.5 Å². The molecule has 3 rings (SSSR count). The number of amides is 1. The van der Waals surface area contributed by atoms with Crippen molar-refractivity contribution in [3.8, 4) is 5.75 Å². The van der Waals surface area contributed by atoms with E-state index in [2.05, 4.69) is 4.98 Å². The van der Waals surface area contributed by atoms with Gasteiger partial charge in [-0.25, -0.2) is 9.37 Å². The number of thioether (sulfide) groups is 1. The number of methoxy groups -OCH3 is 2. The van der Waals surface area contributed by atoms with Crippen LogP contribution in [0.2, 0.25) is 0 Å². The monoisotopic (exact) mass is 459 g/mol. The Labute approximate surface area is 190 Å². The maximum Gasteiger partial charge on any atom is 0.262 e. The summed E-state index contributed by atoms with van der Waals surface area (Å²) < 4.78 is 25.5. The molecule has 0 spiro atoms. The molecule has 0 aliphatic rings. The third kappa shape index (κ3) is 5.66. The highest BCUT2D eigenvalue weighted by Gasteiger charge is 2.16. The smallest absolute Gasteiger partial charge is 0.262 e. The first-order valence-electron chi connectivity index (χ1n) is 10.1. The number of ether oxygens (including phenoxy) is 2. The molecule has 0 N–H and O–H groups in total. The number of benzene rings is 2. The number of para-hydroxylation sites is 1. The van der Waals surface area contributed by atoms with Crippen LogP contribution < -0.4 is 10.3 Å². The fourth-order valence-corrected chi connectivity index (χ4v) is 4.19. The van der Waals surface area contributed by atoms with E-state index in [0.717, 1.165) is 0 Å². The molecule has 1 amide bonds. The Morgan fingerprint density at radius 2 is 2.00 bits per heavy atom. The van der Waals surface area contributed by atoms with Gasteiger partial charge in [0.2, 0.25) is 5.91 Å². The van der Waals surface area contributed by atoms with Crippen LogP contribution in [0.1, 0.15) is 12.0 Å². The number of aromatic nitrogens is 2. The zero-order chi connectivity index (χ0) is 23.1. The molecule has 1 heterocycles. The predicted octanol–water partition coefficient (Wildman–Crippen LogP) is 3.33. The number of carbonyl (C=O) groups is 1. The largest absolute Gasteiger partial charge is 0.494 e. The van der Waals surface area contributed by atoms with Crippen molar-refractivity contribution in [1.29, 1.82) is 0 Å². The van der Waals surface area contributed by atoms with Crippen LogP contribution in [0.5, 0.6) is 5.75 Å². The lowest BCUT2D eigenvalue weighted by molar-refractivity contribution is -0.127. The Bertz CT molecular complexity index is 1150. The fraction of sp³-hybridized carbons (Fsp3) is 0.348. The van der Waals surface area contributed by atoms with Gasteiger partial charge >= 0.3 is 0 Å². The van der Waals surface area contributed by atoms with Crippen LogP contribution in [-0.4, -0.2) is 54.0 Å². The number of carbonyl (C=O) groups excluding carboxylic acids is 1. The van der Waals surface area contributed by atoms with E-state index in [1.54, 1.807) is 43.0 Å². The Hall–Kier alpha value is -2.91. The molecule has 0 saturated carbocycles. The van der Waals surface area contributed by atoms with Crippen molar-refractivity contribution in [3.05, 3.63) is 64.2 Å². The zero-order valence-corrected chi connectivity index (χ0v) is 19.2. The molecule has 9 heteroatoms. The van der Waals surface area contributed by atoms with Crippen molar-refractivity contribution >= 4 is 28.6 Å². The molecule has 0 radical (unpaired) electrons. The molecule has 0 aliphatic heterocycles. The normalized spacial score (nSPS) is 11.0. The van der Waals surface area contributed by atoms with E-state index in [9.17, 15) is 14.0 Å². The van der Waals surface area contributed by atoms with Crippen LogP contribution >= 0.6 is 11.8 Å². The fourth-order valence-electron chi connectivity index (χ4n) is 3.23. The van der Waals surface area contributed by atoms with Gasteiger partial charge in [-0.2, -0.15) is 0 Å². The quantitative estimate of drug-likeness (QED) is 0.263. The molecule has 32 heavy (non-hydrogen) atoms. The average Bonchev–Trinajstić information content (AvgIpc) is 2.79. The number of fused-ring (bicyclic) bond motifs is 1. The van der Waals surface area contributed by atoms with Crippen molar-refractivity contribution in [2.24, 2.45) is 0 Å². The van der Waals surface area contributed by atoms with Crippen LogP contribution in [0.4, 0.5) is 4.39 Å². The Balaban J connectivity index is 1.73. The van der Waals surface area contributed by atoms with E-state index in [1.807, 2.05) is 6.07 Å². The van der Waals surface area contributed by atoms with Gasteiger partial charge in [-0.15, -0.1) is 0 Å². The summed E-state index contributed by atoms with van der Waals surface area (Å²) in [6.45, 7) is 1.22. The lowest BCUT2D eigenvalue weighted by Gasteiger charge is -2.18. The average molecular weight is 460 g/mol. The predicted molar refractivity (Wildman–Crippen MR) is 123 cm³/mol. The lowest BCUT2D eigenvalue weighted by Crippen LogP contribution is -2.29. The van der Waals surface area contributed by atoms with Gasteiger partial charge in [0.05, 0.1) is 23.8 Å². The van der Waals surface area contributed by atoms with Crippen molar-refractivity contribution in [3.63, 3.8) is 0 Å². The second-order valence-electron chi connectivity index (χ2n) is 7.22. The number of rotatable bonds is 10.